The number of rotatable bonds is 6. The van der Waals surface area contributed by atoms with E-state index in [1.165, 1.54) is 36.0 Å². The number of hydrogen-bond donors (Lipinski definition) is 2. The molecule has 0 spiro atoms. The first kappa shape index (κ1) is 12.7. The quantitative estimate of drug-likeness (QED) is 0.770. The molecular weight excluding hydrogens is 238 g/mol. The maximum atomic E-state index is 11.0. The van der Waals surface area contributed by atoms with Crippen LogP contribution < -0.4 is 5.32 Å². The van der Waals surface area contributed by atoms with Gasteiger partial charge >= 0.3 is 5.97 Å². The Kier molecular flexibility index (Phi) is 3.31. The lowest BCUT2D eigenvalue weighted by molar-refractivity contribution is -0.143. The van der Waals surface area contributed by atoms with Gasteiger partial charge in [0.05, 0.1) is 5.41 Å². The highest BCUT2D eigenvalue weighted by atomic mass is 16.4. The van der Waals surface area contributed by atoms with E-state index in [2.05, 4.69) is 23.5 Å². The molecule has 102 valence electrons. The van der Waals surface area contributed by atoms with Crippen molar-refractivity contribution in [2.75, 3.05) is 13.1 Å². The Hall–Kier alpha value is -1.35. The van der Waals surface area contributed by atoms with Crippen LogP contribution in [0.2, 0.25) is 0 Å². The Bertz CT molecular complexity index is 492. The summed E-state index contributed by atoms with van der Waals surface area (Å²) >= 11 is 0. The Balaban J connectivity index is 1.47. The molecule has 0 atom stereocenters. The Labute approximate surface area is 114 Å². The molecule has 1 saturated carbocycles. The van der Waals surface area contributed by atoms with E-state index >= 15 is 0 Å². The molecule has 2 aliphatic rings. The molecule has 0 aromatic heterocycles. The Morgan fingerprint density at radius 2 is 2.05 bits per heavy atom. The van der Waals surface area contributed by atoms with Crippen molar-refractivity contribution >= 4 is 5.97 Å². The molecule has 1 aromatic rings. The number of benzene rings is 1. The fourth-order valence-electron chi connectivity index (χ4n) is 2.96. The molecule has 1 fully saturated rings. The van der Waals surface area contributed by atoms with Crippen molar-refractivity contribution in [1.29, 1.82) is 0 Å². The van der Waals surface area contributed by atoms with Gasteiger partial charge < -0.3 is 10.4 Å². The second-order valence-corrected chi connectivity index (χ2v) is 5.97. The fourth-order valence-corrected chi connectivity index (χ4v) is 2.96. The largest absolute Gasteiger partial charge is 0.481 e. The molecule has 0 unspecified atom stereocenters. The van der Waals surface area contributed by atoms with E-state index in [0.717, 1.165) is 25.8 Å². The summed E-state index contributed by atoms with van der Waals surface area (Å²) in [6.07, 6.45) is 6.39. The molecule has 0 amide bonds. The van der Waals surface area contributed by atoms with Crippen molar-refractivity contribution in [3.05, 3.63) is 34.9 Å². The van der Waals surface area contributed by atoms with Gasteiger partial charge in [0, 0.05) is 6.54 Å². The summed E-state index contributed by atoms with van der Waals surface area (Å²) in [5.74, 6) is -0.641. The lowest BCUT2D eigenvalue weighted by atomic mass is 10.0. The minimum absolute atomic E-state index is 0.446. The van der Waals surface area contributed by atoms with Crippen LogP contribution in [0.15, 0.2) is 18.2 Å². The first-order valence-corrected chi connectivity index (χ1v) is 7.24. The molecule has 0 radical (unpaired) electrons. The maximum Gasteiger partial charge on any atom is 0.310 e. The summed E-state index contributed by atoms with van der Waals surface area (Å²) in [4.78, 5) is 11.0. The zero-order valence-corrected chi connectivity index (χ0v) is 11.2. The van der Waals surface area contributed by atoms with Gasteiger partial charge in [-0.3, -0.25) is 4.79 Å². The van der Waals surface area contributed by atoms with Gasteiger partial charge in [-0.05, 0) is 61.8 Å². The van der Waals surface area contributed by atoms with Crippen LogP contribution in [0.5, 0.6) is 0 Å². The average Bonchev–Trinajstić information content (AvgIpc) is 3.05. The number of hydrogen-bond acceptors (Lipinski definition) is 2. The van der Waals surface area contributed by atoms with Gasteiger partial charge in [-0.1, -0.05) is 18.2 Å². The van der Waals surface area contributed by atoms with E-state index in [9.17, 15) is 4.79 Å². The van der Waals surface area contributed by atoms with Crippen LogP contribution in [0.4, 0.5) is 0 Å². The third-order valence-corrected chi connectivity index (χ3v) is 4.52. The van der Waals surface area contributed by atoms with Crippen LogP contribution >= 0.6 is 0 Å². The molecule has 0 aliphatic heterocycles. The molecular formula is C16H21NO2. The number of carboxylic acid groups (broad SMARTS) is 1. The van der Waals surface area contributed by atoms with Gasteiger partial charge in [-0.2, -0.15) is 0 Å². The first-order valence-electron chi connectivity index (χ1n) is 7.24. The van der Waals surface area contributed by atoms with Crippen LogP contribution in [-0.2, 0) is 24.1 Å². The second-order valence-electron chi connectivity index (χ2n) is 5.97. The SMILES string of the molecule is O=C(O)C1(CNCCc2ccc3c(c2)CCC3)CC1. The van der Waals surface area contributed by atoms with Crippen LogP contribution in [0, 0.1) is 5.41 Å². The highest BCUT2D eigenvalue weighted by Gasteiger charge is 2.49. The summed E-state index contributed by atoms with van der Waals surface area (Å²) < 4.78 is 0. The molecule has 0 bridgehead atoms. The standard InChI is InChI=1S/C16H21NO2/c18-15(19)16(7-8-16)11-17-9-6-12-4-5-13-2-1-3-14(13)10-12/h4-5,10,17H,1-3,6-9,11H2,(H,18,19). The van der Waals surface area contributed by atoms with Crippen LogP contribution in [-0.4, -0.2) is 24.2 Å². The summed E-state index contributed by atoms with van der Waals surface area (Å²) in [6, 6.07) is 6.81. The van der Waals surface area contributed by atoms with Crippen molar-refractivity contribution in [3.63, 3.8) is 0 Å². The normalized spacial score (nSPS) is 19.2. The lowest BCUT2D eigenvalue weighted by Gasteiger charge is -2.11. The molecule has 0 saturated heterocycles. The molecule has 3 rings (SSSR count). The number of carboxylic acids is 1. The smallest absolute Gasteiger partial charge is 0.310 e. The van der Waals surface area contributed by atoms with Gasteiger partial charge in [0.15, 0.2) is 0 Å². The summed E-state index contributed by atoms with van der Waals surface area (Å²) in [5.41, 5.74) is 3.95. The van der Waals surface area contributed by atoms with E-state index in [4.69, 9.17) is 5.11 Å². The molecule has 3 heteroatoms. The third kappa shape index (κ3) is 2.66. The zero-order chi connectivity index (χ0) is 13.3. The maximum absolute atomic E-state index is 11.0. The topological polar surface area (TPSA) is 49.3 Å². The van der Waals surface area contributed by atoms with E-state index in [1.807, 2.05) is 0 Å². The minimum Gasteiger partial charge on any atom is -0.481 e. The fraction of sp³-hybridized carbons (Fsp3) is 0.562. The van der Waals surface area contributed by atoms with Crippen LogP contribution in [0.25, 0.3) is 0 Å². The molecule has 19 heavy (non-hydrogen) atoms. The molecule has 2 aliphatic carbocycles. The van der Waals surface area contributed by atoms with E-state index in [1.54, 1.807) is 0 Å². The predicted molar refractivity (Wildman–Crippen MR) is 74.3 cm³/mol. The van der Waals surface area contributed by atoms with Crippen molar-refractivity contribution in [2.45, 2.75) is 38.5 Å². The number of carbonyl (C=O) groups is 1. The van der Waals surface area contributed by atoms with Crippen molar-refractivity contribution in [3.8, 4) is 0 Å². The first-order chi connectivity index (χ1) is 9.20. The summed E-state index contributed by atoms with van der Waals surface area (Å²) in [5, 5.41) is 12.4. The highest BCUT2D eigenvalue weighted by Crippen LogP contribution is 2.45. The predicted octanol–water partition coefficient (Wildman–Crippen LogP) is 2.17. The molecule has 0 heterocycles. The van der Waals surface area contributed by atoms with E-state index in [-0.39, 0.29) is 0 Å². The van der Waals surface area contributed by atoms with Crippen molar-refractivity contribution in [2.24, 2.45) is 5.41 Å². The van der Waals surface area contributed by atoms with Gasteiger partial charge in [0.1, 0.15) is 0 Å². The Morgan fingerprint density at radius 3 is 2.79 bits per heavy atom. The number of aliphatic carboxylic acids is 1. The highest BCUT2D eigenvalue weighted by molar-refractivity contribution is 5.78. The van der Waals surface area contributed by atoms with Gasteiger partial charge in [0.2, 0.25) is 0 Å². The third-order valence-electron chi connectivity index (χ3n) is 4.52. The van der Waals surface area contributed by atoms with Crippen molar-refractivity contribution in [1.82, 2.24) is 5.32 Å². The zero-order valence-electron chi connectivity index (χ0n) is 11.2. The number of aryl methyl sites for hydroxylation is 2. The van der Waals surface area contributed by atoms with E-state index < -0.39 is 11.4 Å². The average molecular weight is 259 g/mol. The second kappa shape index (κ2) is 4.97. The lowest BCUT2D eigenvalue weighted by Crippen LogP contribution is -2.31. The number of fused-ring (bicyclic) bond motifs is 1. The monoisotopic (exact) mass is 259 g/mol. The Morgan fingerprint density at radius 1 is 1.26 bits per heavy atom. The molecule has 1 aromatic carbocycles. The van der Waals surface area contributed by atoms with Gasteiger partial charge in [0.25, 0.3) is 0 Å². The van der Waals surface area contributed by atoms with Crippen LogP contribution in [0.3, 0.4) is 0 Å². The molecule has 3 nitrogen and oxygen atoms in total. The summed E-state index contributed by atoms with van der Waals surface area (Å²) in [7, 11) is 0. The van der Waals surface area contributed by atoms with Crippen molar-refractivity contribution < 1.29 is 9.90 Å². The van der Waals surface area contributed by atoms with Gasteiger partial charge in [-0.25, -0.2) is 0 Å². The minimum atomic E-state index is -0.641. The van der Waals surface area contributed by atoms with Crippen LogP contribution in [0.1, 0.15) is 36.0 Å². The van der Waals surface area contributed by atoms with E-state index in [0.29, 0.717) is 6.54 Å². The summed E-state index contributed by atoms with van der Waals surface area (Å²) in [6.45, 7) is 1.49. The molecule has 2 N–H and O–H groups in total. The van der Waals surface area contributed by atoms with Gasteiger partial charge in [-0.15, -0.1) is 0 Å². The number of nitrogens with one attached hydrogen (secondary N) is 1.